The maximum Gasteiger partial charge on any atom is 0.133 e. The van der Waals surface area contributed by atoms with Crippen LogP contribution >= 0.6 is 15.9 Å². The van der Waals surface area contributed by atoms with Crippen molar-refractivity contribution in [2.24, 2.45) is 0 Å². The Hall–Kier alpha value is -0.540. The van der Waals surface area contributed by atoms with Crippen molar-refractivity contribution in [2.45, 2.75) is 0 Å². The van der Waals surface area contributed by atoms with Gasteiger partial charge in [-0.1, -0.05) is 12.1 Å². The minimum absolute atomic E-state index is 0.718. The van der Waals surface area contributed by atoms with Gasteiger partial charge in [0.25, 0.3) is 0 Å². The van der Waals surface area contributed by atoms with E-state index in [0.29, 0.717) is 0 Å². The molecule has 0 amide bonds. The van der Waals surface area contributed by atoms with Gasteiger partial charge in [0.2, 0.25) is 0 Å². The fourth-order valence-electron chi connectivity index (χ4n) is 0.900. The molecule has 1 rings (SSSR count). The number of hydrogen-bond donors (Lipinski definition) is 0. The van der Waals surface area contributed by atoms with E-state index in [1.54, 1.807) is 0 Å². The first-order valence-corrected chi connectivity index (χ1v) is 5.01. The van der Waals surface area contributed by atoms with Crippen molar-refractivity contribution in [2.75, 3.05) is 27.2 Å². The van der Waals surface area contributed by atoms with Crippen molar-refractivity contribution < 1.29 is 4.74 Å². The third kappa shape index (κ3) is 3.79. The molecule has 0 aromatic heterocycles. The first-order valence-electron chi connectivity index (χ1n) is 4.22. The van der Waals surface area contributed by atoms with Gasteiger partial charge >= 0.3 is 0 Å². The molecule has 13 heavy (non-hydrogen) atoms. The Labute approximate surface area is 87.6 Å². The van der Waals surface area contributed by atoms with E-state index in [1.807, 2.05) is 38.4 Å². The van der Waals surface area contributed by atoms with Crippen molar-refractivity contribution in [3.05, 3.63) is 28.7 Å². The first kappa shape index (κ1) is 10.5. The predicted octanol–water partition coefficient (Wildman–Crippen LogP) is 2.39. The van der Waals surface area contributed by atoms with Crippen LogP contribution in [0.5, 0.6) is 5.75 Å². The molecule has 2 nitrogen and oxygen atoms in total. The molecule has 1 aromatic rings. The van der Waals surface area contributed by atoms with Crippen molar-refractivity contribution in [1.29, 1.82) is 0 Å². The molecule has 0 bridgehead atoms. The Balaban J connectivity index is 2.41. The predicted molar refractivity (Wildman–Crippen MR) is 58.2 cm³/mol. The van der Waals surface area contributed by atoms with E-state index < -0.39 is 0 Å². The van der Waals surface area contributed by atoms with Gasteiger partial charge in [-0.3, -0.25) is 0 Å². The van der Waals surface area contributed by atoms with E-state index in [9.17, 15) is 0 Å². The highest BCUT2D eigenvalue weighted by Gasteiger charge is 1.98. The van der Waals surface area contributed by atoms with Crippen molar-refractivity contribution in [1.82, 2.24) is 4.90 Å². The molecule has 0 unspecified atom stereocenters. The number of halogens is 1. The summed E-state index contributed by atoms with van der Waals surface area (Å²) in [5.41, 5.74) is 0. The van der Waals surface area contributed by atoms with Crippen molar-refractivity contribution >= 4 is 15.9 Å². The van der Waals surface area contributed by atoms with Crippen LogP contribution in [0, 0.1) is 0 Å². The lowest BCUT2D eigenvalue weighted by atomic mass is 10.3. The molecular formula is C10H14BrNO. The lowest BCUT2D eigenvalue weighted by Crippen LogP contribution is -2.19. The zero-order chi connectivity index (χ0) is 9.68. The Kier molecular flexibility index (Phi) is 4.25. The van der Waals surface area contributed by atoms with E-state index in [0.717, 1.165) is 23.4 Å². The Bertz CT molecular complexity index is 263. The van der Waals surface area contributed by atoms with Crippen LogP contribution in [0.2, 0.25) is 0 Å². The summed E-state index contributed by atoms with van der Waals surface area (Å²) in [5.74, 6) is 0.907. The second-order valence-corrected chi connectivity index (χ2v) is 3.94. The minimum Gasteiger partial charge on any atom is -0.491 e. The van der Waals surface area contributed by atoms with Crippen LogP contribution in [0.3, 0.4) is 0 Å². The molecule has 0 fully saturated rings. The third-order valence-corrected chi connectivity index (χ3v) is 2.29. The lowest BCUT2D eigenvalue weighted by molar-refractivity contribution is 0.260. The van der Waals surface area contributed by atoms with Crippen LogP contribution < -0.4 is 4.74 Å². The van der Waals surface area contributed by atoms with E-state index in [1.165, 1.54) is 0 Å². The molecule has 0 N–H and O–H groups in total. The monoisotopic (exact) mass is 243 g/mol. The number of benzene rings is 1. The minimum atomic E-state index is 0.718. The fourth-order valence-corrected chi connectivity index (χ4v) is 1.30. The normalized spacial score (nSPS) is 10.5. The summed E-state index contributed by atoms with van der Waals surface area (Å²) in [6.07, 6.45) is 0. The van der Waals surface area contributed by atoms with Crippen LogP contribution in [0.15, 0.2) is 28.7 Å². The van der Waals surface area contributed by atoms with Crippen molar-refractivity contribution in [3.8, 4) is 5.75 Å². The zero-order valence-electron chi connectivity index (χ0n) is 7.96. The molecule has 1 aromatic carbocycles. The lowest BCUT2D eigenvalue weighted by Gasteiger charge is -2.11. The summed E-state index contributed by atoms with van der Waals surface area (Å²) in [7, 11) is 4.06. The molecule has 0 heterocycles. The molecule has 0 aliphatic carbocycles. The van der Waals surface area contributed by atoms with Gasteiger partial charge in [0.15, 0.2) is 0 Å². The molecule has 0 aliphatic heterocycles. The second kappa shape index (κ2) is 5.25. The molecule has 0 aliphatic rings. The molecule has 0 saturated carbocycles. The van der Waals surface area contributed by atoms with Crippen molar-refractivity contribution in [3.63, 3.8) is 0 Å². The summed E-state index contributed by atoms with van der Waals surface area (Å²) in [4.78, 5) is 2.09. The number of para-hydroxylation sites is 1. The SMILES string of the molecule is CN(C)CCOc1ccccc1Br. The highest BCUT2D eigenvalue weighted by molar-refractivity contribution is 9.10. The summed E-state index contributed by atoms with van der Waals surface area (Å²) in [6.45, 7) is 1.65. The summed E-state index contributed by atoms with van der Waals surface area (Å²) in [5, 5.41) is 0. The molecule has 3 heteroatoms. The Morgan fingerprint density at radius 3 is 2.62 bits per heavy atom. The molecular weight excluding hydrogens is 230 g/mol. The van der Waals surface area contributed by atoms with Crippen LogP contribution in [-0.4, -0.2) is 32.1 Å². The van der Waals surface area contributed by atoms with Gasteiger partial charge in [-0.2, -0.15) is 0 Å². The number of hydrogen-bond acceptors (Lipinski definition) is 2. The fraction of sp³-hybridized carbons (Fsp3) is 0.400. The molecule has 0 atom stereocenters. The number of nitrogens with zero attached hydrogens (tertiary/aromatic N) is 1. The molecule has 0 spiro atoms. The largest absolute Gasteiger partial charge is 0.491 e. The standard InChI is InChI=1S/C10H14BrNO/c1-12(2)7-8-13-10-6-4-3-5-9(10)11/h3-6H,7-8H2,1-2H3. The van der Waals surface area contributed by atoms with E-state index in [2.05, 4.69) is 20.8 Å². The van der Waals surface area contributed by atoms with Gasteiger partial charge in [-0.15, -0.1) is 0 Å². The Morgan fingerprint density at radius 1 is 1.31 bits per heavy atom. The number of rotatable bonds is 4. The van der Waals surface area contributed by atoms with Crippen LogP contribution in [0.25, 0.3) is 0 Å². The first-order chi connectivity index (χ1) is 6.20. The van der Waals surface area contributed by atoms with Gasteiger partial charge in [0.05, 0.1) is 4.47 Å². The summed E-state index contributed by atoms with van der Waals surface area (Å²) in [6, 6.07) is 7.88. The molecule has 72 valence electrons. The number of ether oxygens (including phenoxy) is 1. The molecule has 0 radical (unpaired) electrons. The van der Waals surface area contributed by atoms with Crippen LogP contribution in [0.1, 0.15) is 0 Å². The Morgan fingerprint density at radius 2 is 2.00 bits per heavy atom. The summed E-state index contributed by atoms with van der Waals surface area (Å²) < 4.78 is 6.57. The third-order valence-electron chi connectivity index (χ3n) is 1.63. The maximum atomic E-state index is 5.56. The van der Waals surface area contributed by atoms with Crippen LogP contribution in [0.4, 0.5) is 0 Å². The van der Waals surface area contributed by atoms with Crippen LogP contribution in [-0.2, 0) is 0 Å². The molecule has 0 saturated heterocycles. The highest BCUT2D eigenvalue weighted by Crippen LogP contribution is 2.23. The average Bonchev–Trinajstić information content (AvgIpc) is 2.08. The van der Waals surface area contributed by atoms with Gasteiger partial charge in [-0.05, 0) is 42.2 Å². The summed E-state index contributed by atoms with van der Waals surface area (Å²) >= 11 is 3.42. The highest BCUT2D eigenvalue weighted by atomic mass is 79.9. The number of likely N-dealkylation sites (N-methyl/N-ethyl adjacent to an activating group) is 1. The second-order valence-electron chi connectivity index (χ2n) is 3.08. The van der Waals surface area contributed by atoms with Gasteiger partial charge in [-0.25, -0.2) is 0 Å². The average molecular weight is 244 g/mol. The topological polar surface area (TPSA) is 12.5 Å². The van der Waals surface area contributed by atoms with Gasteiger partial charge in [0.1, 0.15) is 12.4 Å². The quantitative estimate of drug-likeness (QED) is 0.806. The van der Waals surface area contributed by atoms with E-state index in [4.69, 9.17) is 4.74 Å². The zero-order valence-corrected chi connectivity index (χ0v) is 9.54. The smallest absolute Gasteiger partial charge is 0.133 e. The van der Waals surface area contributed by atoms with E-state index in [-0.39, 0.29) is 0 Å². The maximum absolute atomic E-state index is 5.56. The van der Waals surface area contributed by atoms with E-state index >= 15 is 0 Å². The van der Waals surface area contributed by atoms with Gasteiger partial charge < -0.3 is 9.64 Å². The van der Waals surface area contributed by atoms with Gasteiger partial charge in [0, 0.05) is 6.54 Å².